The van der Waals surface area contributed by atoms with Crippen LogP contribution in [0.5, 0.6) is 0 Å². The topological polar surface area (TPSA) is 57.5 Å². The summed E-state index contributed by atoms with van der Waals surface area (Å²) >= 11 is 0. The van der Waals surface area contributed by atoms with E-state index in [2.05, 4.69) is 4.98 Å². The number of aryl methyl sites for hydroxylation is 1. The van der Waals surface area contributed by atoms with Crippen LogP contribution in [0.25, 0.3) is 10.9 Å². The second kappa shape index (κ2) is 7.59. The second-order valence-corrected chi connectivity index (χ2v) is 6.42. The highest BCUT2D eigenvalue weighted by Crippen LogP contribution is 2.13. The van der Waals surface area contributed by atoms with Crippen LogP contribution in [0, 0.1) is 12.7 Å². The molecule has 0 radical (unpaired) electrons. The number of hydrogen-bond donors (Lipinski definition) is 3. The van der Waals surface area contributed by atoms with Gasteiger partial charge in [0.05, 0.1) is 12.2 Å². The number of rotatable bonds is 6. The van der Waals surface area contributed by atoms with Gasteiger partial charge in [0, 0.05) is 11.1 Å². The first-order valence-electron chi connectivity index (χ1n) is 8.36. The molecule has 1 atom stereocenters. The molecule has 2 aromatic carbocycles. The molecule has 4 nitrogen and oxygen atoms in total. The second-order valence-electron chi connectivity index (χ2n) is 6.42. The molecular weight excluding hydrogens is 319 g/mol. The molecule has 0 aliphatic rings. The summed E-state index contributed by atoms with van der Waals surface area (Å²) in [6, 6.07) is 14.2. The zero-order valence-electron chi connectivity index (χ0n) is 14.2. The predicted octanol–water partition coefficient (Wildman–Crippen LogP) is 1.55. The number of aliphatic hydroxyl groups is 1. The molecule has 1 aromatic heterocycles. The molecular formula is C20H22FN2O2+. The van der Waals surface area contributed by atoms with Crippen molar-refractivity contribution in [2.75, 3.05) is 13.2 Å². The molecule has 3 aromatic rings. The third-order valence-electron chi connectivity index (χ3n) is 4.33. The summed E-state index contributed by atoms with van der Waals surface area (Å²) in [5.74, 6) is -0.278. The number of nitrogens with one attached hydrogen (secondary N) is 2. The molecule has 0 aliphatic heterocycles. The third-order valence-corrected chi connectivity index (χ3v) is 4.33. The number of quaternary nitrogens is 1. The van der Waals surface area contributed by atoms with Crippen LogP contribution in [0.3, 0.4) is 0 Å². The van der Waals surface area contributed by atoms with Gasteiger partial charge < -0.3 is 15.0 Å². The lowest BCUT2D eigenvalue weighted by molar-refractivity contribution is -0.928. The molecule has 0 bridgehead atoms. The van der Waals surface area contributed by atoms with E-state index in [4.69, 9.17) is 0 Å². The van der Waals surface area contributed by atoms with Gasteiger partial charge >= 0.3 is 0 Å². The van der Waals surface area contributed by atoms with Gasteiger partial charge in [0.2, 0.25) is 0 Å². The Morgan fingerprint density at radius 1 is 1.12 bits per heavy atom. The van der Waals surface area contributed by atoms with Crippen molar-refractivity contribution in [2.24, 2.45) is 0 Å². The largest absolute Gasteiger partial charge is 0.391 e. The number of H-pyrrole nitrogens is 1. The van der Waals surface area contributed by atoms with Crippen molar-refractivity contribution in [2.45, 2.75) is 20.0 Å². The Labute approximate surface area is 145 Å². The summed E-state index contributed by atoms with van der Waals surface area (Å²) in [6.07, 6.45) is 0. The van der Waals surface area contributed by atoms with Crippen molar-refractivity contribution in [3.63, 3.8) is 0 Å². The summed E-state index contributed by atoms with van der Waals surface area (Å²) in [5.41, 5.74) is 3.33. The fourth-order valence-electron chi connectivity index (χ4n) is 3.10. The van der Waals surface area contributed by atoms with Gasteiger partial charge in [0.25, 0.3) is 5.56 Å². The quantitative estimate of drug-likeness (QED) is 0.637. The van der Waals surface area contributed by atoms with Crippen molar-refractivity contribution >= 4 is 10.9 Å². The van der Waals surface area contributed by atoms with E-state index >= 15 is 0 Å². The summed E-state index contributed by atoms with van der Waals surface area (Å²) < 4.78 is 13.4. The molecule has 1 heterocycles. The van der Waals surface area contributed by atoms with Gasteiger partial charge in [0.1, 0.15) is 25.5 Å². The maximum absolute atomic E-state index is 13.4. The van der Waals surface area contributed by atoms with Gasteiger partial charge in [-0.2, -0.15) is 0 Å². The number of aromatic nitrogens is 1. The van der Waals surface area contributed by atoms with Crippen LogP contribution in [-0.4, -0.2) is 23.2 Å². The normalized spacial score (nSPS) is 12.4. The van der Waals surface area contributed by atoms with Crippen molar-refractivity contribution in [1.82, 2.24) is 4.98 Å². The standard InChI is InChI=1S/C20H21FN2O2/c1-14-5-6-19-16(9-14)11-17(20(25)22-19)13-23(7-8-24)12-15-3-2-4-18(21)10-15/h2-6,9-11,24H,7-8,12-13H2,1H3,(H,22,25)/p+1. The molecule has 0 spiro atoms. The van der Waals surface area contributed by atoms with Crippen LogP contribution >= 0.6 is 0 Å². The van der Waals surface area contributed by atoms with E-state index in [1.54, 1.807) is 6.07 Å². The average molecular weight is 341 g/mol. The molecule has 0 saturated heterocycles. The minimum absolute atomic E-state index is 0.00917. The maximum atomic E-state index is 13.4. The van der Waals surface area contributed by atoms with Crippen LogP contribution in [-0.2, 0) is 13.1 Å². The van der Waals surface area contributed by atoms with Crippen molar-refractivity contribution < 1.29 is 14.4 Å². The van der Waals surface area contributed by atoms with Gasteiger partial charge in [-0.15, -0.1) is 0 Å². The summed E-state index contributed by atoms with van der Waals surface area (Å²) in [4.78, 5) is 16.3. The average Bonchev–Trinajstić information content (AvgIpc) is 2.56. The van der Waals surface area contributed by atoms with Crippen molar-refractivity contribution in [1.29, 1.82) is 0 Å². The predicted molar refractivity (Wildman–Crippen MR) is 96.0 cm³/mol. The molecule has 3 N–H and O–H groups in total. The first-order chi connectivity index (χ1) is 12.0. The fraction of sp³-hybridized carbons (Fsp3) is 0.250. The molecule has 0 fully saturated rings. The lowest BCUT2D eigenvalue weighted by atomic mass is 10.1. The summed E-state index contributed by atoms with van der Waals surface area (Å²) in [7, 11) is 0. The highest BCUT2D eigenvalue weighted by Gasteiger charge is 2.14. The fourth-order valence-corrected chi connectivity index (χ4v) is 3.10. The Morgan fingerprint density at radius 3 is 2.72 bits per heavy atom. The molecule has 0 amide bonds. The zero-order chi connectivity index (χ0) is 17.8. The van der Waals surface area contributed by atoms with Crippen LogP contribution in [0.4, 0.5) is 4.39 Å². The number of halogens is 1. The highest BCUT2D eigenvalue weighted by molar-refractivity contribution is 5.79. The summed E-state index contributed by atoms with van der Waals surface area (Å²) in [6.45, 7) is 3.52. The molecule has 1 unspecified atom stereocenters. The van der Waals surface area contributed by atoms with Crippen molar-refractivity contribution in [3.05, 3.63) is 81.4 Å². The number of pyridine rings is 1. The lowest BCUT2D eigenvalue weighted by Gasteiger charge is -2.18. The van der Waals surface area contributed by atoms with Gasteiger partial charge in [-0.1, -0.05) is 23.8 Å². The van der Waals surface area contributed by atoms with Gasteiger partial charge in [-0.05, 0) is 42.6 Å². The Balaban J connectivity index is 1.87. The molecule has 5 heteroatoms. The van der Waals surface area contributed by atoms with Gasteiger partial charge in [0.15, 0.2) is 0 Å². The Morgan fingerprint density at radius 2 is 1.96 bits per heavy atom. The number of aromatic amines is 1. The molecule has 130 valence electrons. The molecule has 25 heavy (non-hydrogen) atoms. The molecule has 0 aliphatic carbocycles. The van der Waals surface area contributed by atoms with E-state index in [0.29, 0.717) is 25.2 Å². The monoisotopic (exact) mass is 341 g/mol. The number of benzene rings is 2. The van der Waals surface area contributed by atoms with E-state index in [9.17, 15) is 14.3 Å². The summed E-state index contributed by atoms with van der Waals surface area (Å²) in [5, 5.41) is 10.3. The van der Waals surface area contributed by atoms with E-state index in [-0.39, 0.29) is 18.0 Å². The Kier molecular flexibility index (Phi) is 5.26. The minimum atomic E-state index is -0.278. The van der Waals surface area contributed by atoms with E-state index in [0.717, 1.165) is 26.9 Å². The SMILES string of the molecule is Cc1ccc2[nH]c(=O)c(C[NH+](CCO)Cc3cccc(F)c3)cc2c1. The Hall–Kier alpha value is -2.50. The highest BCUT2D eigenvalue weighted by atomic mass is 19.1. The Bertz CT molecular complexity index is 936. The van der Waals surface area contributed by atoms with E-state index < -0.39 is 0 Å². The molecule has 0 saturated carbocycles. The van der Waals surface area contributed by atoms with Gasteiger partial charge in [-0.25, -0.2) is 4.39 Å². The lowest BCUT2D eigenvalue weighted by Crippen LogP contribution is -3.10. The minimum Gasteiger partial charge on any atom is -0.391 e. The maximum Gasteiger partial charge on any atom is 0.257 e. The smallest absolute Gasteiger partial charge is 0.257 e. The zero-order valence-corrected chi connectivity index (χ0v) is 14.2. The first-order valence-corrected chi connectivity index (χ1v) is 8.36. The first kappa shape index (κ1) is 17.3. The van der Waals surface area contributed by atoms with Gasteiger partial charge in [-0.3, -0.25) is 4.79 Å². The van der Waals surface area contributed by atoms with E-state index in [1.807, 2.05) is 37.3 Å². The van der Waals surface area contributed by atoms with Crippen LogP contribution in [0.2, 0.25) is 0 Å². The molecule has 3 rings (SSSR count). The number of aliphatic hydroxyl groups excluding tert-OH is 1. The van der Waals surface area contributed by atoms with Crippen LogP contribution in [0.15, 0.2) is 53.3 Å². The number of fused-ring (bicyclic) bond motifs is 1. The van der Waals surface area contributed by atoms with E-state index in [1.165, 1.54) is 12.1 Å². The third kappa shape index (κ3) is 4.32. The van der Waals surface area contributed by atoms with Crippen molar-refractivity contribution in [3.8, 4) is 0 Å². The van der Waals surface area contributed by atoms with Crippen LogP contribution in [0.1, 0.15) is 16.7 Å². The number of hydrogen-bond acceptors (Lipinski definition) is 2. The van der Waals surface area contributed by atoms with Crippen LogP contribution < -0.4 is 10.5 Å².